The van der Waals surface area contributed by atoms with E-state index in [-0.39, 0.29) is 10.8 Å². The van der Waals surface area contributed by atoms with Gasteiger partial charge in [0.1, 0.15) is 0 Å². The molecule has 3 saturated carbocycles. The maximum atomic E-state index is 12.8. The Morgan fingerprint density at radius 3 is 2.47 bits per heavy atom. The molecule has 5 heteroatoms. The van der Waals surface area contributed by atoms with Gasteiger partial charge in [-0.15, -0.1) is 0 Å². The summed E-state index contributed by atoms with van der Waals surface area (Å²) in [6.45, 7) is 8.97. The average molecular weight is 482 g/mol. The standard InChI is InChI=1S/C29H39NO3S/c1-19-5-8-23(9-6-19)34(32,33)30-18-20(2)25-11-12-26-24-10-7-21-17-22(31)13-15-28(21,3)27(24)14-16-29(25,26)4/h5-6,8-9,17-18,24-27,30H,7,10-16H2,1-4H3/b20-18+/t24-,25+,26-,27-,28-,29+/m0/s1. The van der Waals surface area contributed by atoms with Crippen molar-refractivity contribution in [3.63, 3.8) is 0 Å². The minimum atomic E-state index is -3.56. The number of nitrogens with one attached hydrogen (secondary N) is 1. The minimum absolute atomic E-state index is 0.199. The van der Waals surface area contributed by atoms with Crippen molar-refractivity contribution < 1.29 is 13.2 Å². The molecule has 0 heterocycles. The first-order valence-electron chi connectivity index (χ1n) is 13.0. The van der Waals surface area contributed by atoms with Crippen molar-refractivity contribution in [2.45, 2.75) is 84.0 Å². The molecule has 4 aliphatic carbocycles. The van der Waals surface area contributed by atoms with Crippen LogP contribution in [0, 0.1) is 41.4 Å². The Bertz CT molecular complexity index is 1150. The summed E-state index contributed by atoms with van der Waals surface area (Å²) in [5.41, 5.74) is 4.05. The van der Waals surface area contributed by atoms with Gasteiger partial charge in [-0.25, -0.2) is 8.42 Å². The van der Waals surface area contributed by atoms with Crippen molar-refractivity contribution in [2.24, 2.45) is 34.5 Å². The van der Waals surface area contributed by atoms with Gasteiger partial charge in [0.25, 0.3) is 10.0 Å². The molecule has 0 radical (unpaired) electrons. The normalized spacial score (nSPS) is 37.9. The first kappa shape index (κ1) is 23.8. The number of fused-ring (bicyclic) bond motifs is 5. The predicted octanol–water partition coefficient (Wildman–Crippen LogP) is 6.33. The smallest absolute Gasteiger partial charge is 0.261 e. The molecule has 4 aliphatic rings. The van der Waals surface area contributed by atoms with Crippen molar-refractivity contribution in [3.05, 3.63) is 53.3 Å². The van der Waals surface area contributed by atoms with Crippen LogP contribution in [0.1, 0.15) is 77.7 Å². The lowest BCUT2D eigenvalue weighted by Gasteiger charge is -2.58. The predicted molar refractivity (Wildman–Crippen MR) is 135 cm³/mol. The van der Waals surface area contributed by atoms with Crippen molar-refractivity contribution in [1.82, 2.24) is 4.72 Å². The van der Waals surface area contributed by atoms with E-state index in [1.54, 1.807) is 18.3 Å². The number of sulfonamides is 1. The Labute approximate surface area is 205 Å². The van der Waals surface area contributed by atoms with Gasteiger partial charge in [0.2, 0.25) is 0 Å². The maximum Gasteiger partial charge on any atom is 0.261 e. The van der Waals surface area contributed by atoms with Crippen LogP contribution in [-0.2, 0) is 14.8 Å². The van der Waals surface area contributed by atoms with Crippen LogP contribution in [0.25, 0.3) is 0 Å². The highest BCUT2D eigenvalue weighted by Gasteiger charge is 2.59. The number of hydrogen-bond acceptors (Lipinski definition) is 3. The van der Waals surface area contributed by atoms with Gasteiger partial charge in [0.15, 0.2) is 5.78 Å². The second-order valence-electron chi connectivity index (χ2n) is 12.0. The van der Waals surface area contributed by atoms with Gasteiger partial charge in [0.05, 0.1) is 4.90 Å². The Balaban J connectivity index is 1.35. The van der Waals surface area contributed by atoms with Crippen molar-refractivity contribution >= 4 is 15.8 Å². The van der Waals surface area contributed by atoms with Crippen LogP contribution >= 0.6 is 0 Å². The van der Waals surface area contributed by atoms with Gasteiger partial charge in [-0.05, 0) is 112 Å². The van der Waals surface area contributed by atoms with Crippen molar-refractivity contribution in [3.8, 4) is 0 Å². The van der Waals surface area contributed by atoms with E-state index < -0.39 is 10.0 Å². The highest BCUT2D eigenvalue weighted by molar-refractivity contribution is 7.89. The number of rotatable bonds is 4. The van der Waals surface area contributed by atoms with Crippen molar-refractivity contribution in [1.29, 1.82) is 0 Å². The zero-order valence-corrected chi connectivity index (χ0v) is 21.9. The lowest BCUT2D eigenvalue weighted by molar-refractivity contribution is -0.117. The van der Waals surface area contributed by atoms with E-state index in [0.29, 0.717) is 34.9 Å². The molecular weight excluding hydrogens is 442 g/mol. The molecule has 0 spiro atoms. The van der Waals surface area contributed by atoms with Crippen LogP contribution in [-0.4, -0.2) is 14.2 Å². The van der Waals surface area contributed by atoms with Crippen LogP contribution in [0.4, 0.5) is 0 Å². The summed E-state index contributed by atoms with van der Waals surface area (Å²) < 4.78 is 28.4. The van der Waals surface area contributed by atoms with Gasteiger partial charge >= 0.3 is 0 Å². The highest BCUT2D eigenvalue weighted by Crippen LogP contribution is 2.67. The van der Waals surface area contributed by atoms with E-state index in [9.17, 15) is 13.2 Å². The van der Waals surface area contributed by atoms with Crippen molar-refractivity contribution in [2.75, 3.05) is 0 Å². The lowest BCUT2D eigenvalue weighted by atomic mass is 9.46. The molecule has 6 atom stereocenters. The molecule has 1 N–H and O–H groups in total. The molecule has 34 heavy (non-hydrogen) atoms. The third-order valence-electron chi connectivity index (χ3n) is 10.3. The van der Waals surface area contributed by atoms with E-state index in [1.807, 2.05) is 25.1 Å². The first-order chi connectivity index (χ1) is 16.0. The maximum absolute atomic E-state index is 12.8. The third kappa shape index (κ3) is 3.79. The summed E-state index contributed by atoms with van der Waals surface area (Å²) in [6.07, 6.45) is 12.5. The second kappa shape index (κ2) is 8.36. The van der Waals surface area contributed by atoms with Crippen LogP contribution < -0.4 is 4.72 Å². The Morgan fingerprint density at radius 1 is 1.00 bits per heavy atom. The molecule has 184 valence electrons. The molecule has 0 aromatic heterocycles. The summed E-state index contributed by atoms with van der Waals surface area (Å²) in [7, 11) is -3.56. The number of allylic oxidation sites excluding steroid dienone is 2. The fourth-order valence-corrected chi connectivity index (χ4v) is 9.34. The molecular formula is C29H39NO3S. The van der Waals surface area contributed by atoms with Gasteiger partial charge < -0.3 is 0 Å². The molecule has 1 aromatic rings. The average Bonchev–Trinajstić information content (AvgIpc) is 3.15. The number of carbonyl (C=O) groups is 1. The Hall–Kier alpha value is -1.88. The number of aryl methyl sites for hydroxylation is 1. The monoisotopic (exact) mass is 481 g/mol. The fraction of sp³-hybridized carbons (Fsp3) is 0.621. The first-order valence-corrected chi connectivity index (χ1v) is 14.5. The Kier molecular flexibility index (Phi) is 5.86. The molecule has 5 rings (SSSR count). The summed E-state index contributed by atoms with van der Waals surface area (Å²) >= 11 is 0. The van der Waals surface area contributed by atoms with Crippen LogP contribution in [0.2, 0.25) is 0 Å². The van der Waals surface area contributed by atoms with Gasteiger partial charge in [-0.2, -0.15) is 0 Å². The highest BCUT2D eigenvalue weighted by atomic mass is 32.2. The van der Waals surface area contributed by atoms with Gasteiger partial charge in [-0.3, -0.25) is 9.52 Å². The molecule has 0 aliphatic heterocycles. The molecule has 0 saturated heterocycles. The van der Waals surface area contributed by atoms with E-state index in [4.69, 9.17) is 0 Å². The lowest BCUT2D eigenvalue weighted by Crippen LogP contribution is -2.50. The second-order valence-corrected chi connectivity index (χ2v) is 13.7. The molecule has 4 nitrogen and oxygen atoms in total. The van der Waals surface area contributed by atoms with Gasteiger partial charge in [-0.1, -0.05) is 42.7 Å². The molecule has 0 amide bonds. The molecule has 3 fully saturated rings. The van der Waals surface area contributed by atoms with Crippen LogP contribution in [0.3, 0.4) is 0 Å². The molecule has 1 aromatic carbocycles. The van der Waals surface area contributed by atoms with Crippen LogP contribution in [0.15, 0.2) is 52.6 Å². The summed E-state index contributed by atoms with van der Waals surface area (Å²) in [5, 5.41) is 0. The van der Waals surface area contributed by atoms with E-state index in [2.05, 4.69) is 25.5 Å². The quantitative estimate of drug-likeness (QED) is 0.547. The minimum Gasteiger partial charge on any atom is -0.295 e. The van der Waals surface area contributed by atoms with Crippen LogP contribution in [0.5, 0.6) is 0 Å². The zero-order valence-electron chi connectivity index (χ0n) is 21.1. The third-order valence-corrected chi connectivity index (χ3v) is 11.6. The fourth-order valence-electron chi connectivity index (χ4n) is 8.36. The number of hydrogen-bond donors (Lipinski definition) is 1. The Morgan fingerprint density at radius 2 is 1.74 bits per heavy atom. The van der Waals surface area contributed by atoms with E-state index in [0.717, 1.165) is 36.3 Å². The number of carbonyl (C=O) groups excluding carboxylic acids is 1. The van der Waals surface area contributed by atoms with E-state index in [1.165, 1.54) is 31.3 Å². The van der Waals surface area contributed by atoms with Gasteiger partial charge in [0, 0.05) is 12.6 Å². The number of benzene rings is 1. The topological polar surface area (TPSA) is 63.2 Å². The zero-order chi connectivity index (χ0) is 24.3. The van der Waals surface area contributed by atoms with E-state index >= 15 is 0 Å². The summed E-state index contributed by atoms with van der Waals surface area (Å²) in [4.78, 5) is 12.4. The summed E-state index contributed by atoms with van der Waals surface area (Å²) in [5.74, 6) is 2.82. The molecule has 0 unspecified atom stereocenters. The largest absolute Gasteiger partial charge is 0.295 e. The summed E-state index contributed by atoms with van der Waals surface area (Å²) in [6, 6.07) is 7.00. The number of ketones is 1. The SMILES string of the molecule is C/C(=C\NS(=O)(=O)c1ccc(C)cc1)[C@H]1CC[C@H]2[C@@H]3CCC4=CC(=O)CC[C@]4(C)[C@H]3CC[C@]12C. The molecule has 0 bridgehead atoms.